The van der Waals surface area contributed by atoms with Crippen LogP contribution in [0.1, 0.15) is 20.9 Å². The highest BCUT2D eigenvalue weighted by atomic mass is 32.1. The Morgan fingerprint density at radius 2 is 2.35 bits per heavy atom. The van der Waals surface area contributed by atoms with Gasteiger partial charge in [-0.25, -0.2) is 4.79 Å². The number of rotatable bonds is 4. The van der Waals surface area contributed by atoms with Gasteiger partial charge in [0.05, 0.1) is 11.3 Å². The molecule has 0 aliphatic heterocycles. The first kappa shape index (κ1) is 11.8. The van der Waals surface area contributed by atoms with E-state index in [4.69, 9.17) is 10.5 Å². The van der Waals surface area contributed by atoms with Crippen molar-refractivity contribution in [2.75, 3.05) is 0 Å². The number of esters is 1. The molecule has 2 aromatic rings. The second-order valence-corrected chi connectivity index (χ2v) is 4.43. The topological polar surface area (TPSA) is 65.2 Å². The Morgan fingerprint density at radius 1 is 1.47 bits per heavy atom. The number of carbonyl (C=O) groups is 1. The number of hydrogen-bond acceptors (Lipinski definition) is 5. The lowest BCUT2D eigenvalue weighted by molar-refractivity contribution is 0.0476. The van der Waals surface area contributed by atoms with Crippen LogP contribution in [-0.2, 0) is 17.9 Å². The van der Waals surface area contributed by atoms with Crippen molar-refractivity contribution in [3.05, 3.63) is 52.0 Å². The molecule has 2 rings (SSSR count). The number of hydrogen-bond donors (Lipinski definition) is 1. The van der Waals surface area contributed by atoms with Crippen molar-refractivity contribution < 1.29 is 9.53 Å². The normalized spacial score (nSPS) is 10.2. The zero-order valence-electron chi connectivity index (χ0n) is 9.13. The standard InChI is InChI=1S/C12H12N2O2S/c13-7-10-6-9(3-4-14-10)12(15)16-8-11-2-1-5-17-11/h1-6H,7-8,13H2. The molecule has 0 amide bonds. The van der Waals surface area contributed by atoms with Crippen LogP contribution >= 0.6 is 11.3 Å². The van der Waals surface area contributed by atoms with Crippen LogP contribution in [0.25, 0.3) is 0 Å². The maximum absolute atomic E-state index is 11.7. The van der Waals surface area contributed by atoms with Crippen LogP contribution in [0.2, 0.25) is 0 Å². The maximum Gasteiger partial charge on any atom is 0.338 e. The van der Waals surface area contributed by atoms with Crippen LogP contribution < -0.4 is 5.73 Å². The van der Waals surface area contributed by atoms with E-state index in [-0.39, 0.29) is 5.97 Å². The lowest BCUT2D eigenvalue weighted by atomic mass is 10.2. The number of ether oxygens (including phenoxy) is 1. The summed E-state index contributed by atoms with van der Waals surface area (Å²) in [6.07, 6.45) is 1.56. The zero-order chi connectivity index (χ0) is 12.1. The third-order valence-corrected chi connectivity index (χ3v) is 3.04. The summed E-state index contributed by atoms with van der Waals surface area (Å²) >= 11 is 1.56. The molecule has 0 aromatic carbocycles. The molecule has 0 saturated heterocycles. The van der Waals surface area contributed by atoms with Gasteiger partial charge in [-0.3, -0.25) is 4.98 Å². The van der Waals surface area contributed by atoms with Crippen LogP contribution in [0.5, 0.6) is 0 Å². The van der Waals surface area contributed by atoms with Crippen molar-refractivity contribution in [2.45, 2.75) is 13.2 Å². The van der Waals surface area contributed by atoms with E-state index in [1.165, 1.54) is 0 Å². The summed E-state index contributed by atoms with van der Waals surface area (Å²) in [4.78, 5) is 16.8. The minimum Gasteiger partial charge on any atom is -0.456 e. The Morgan fingerprint density at radius 3 is 3.06 bits per heavy atom. The van der Waals surface area contributed by atoms with Gasteiger partial charge in [-0.2, -0.15) is 0 Å². The molecule has 0 unspecified atom stereocenters. The highest BCUT2D eigenvalue weighted by Crippen LogP contribution is 2.11. The summed E-state index contributed by atoms with van der Waals surface area (Å²) in [5.74, 6) is -0.351. The van der Waals surface area contributed by atoms with Crippen LogP contribution in [0.15, 0.2) is 35.8 Å². The Bertz CT molecular complexity index is 497. The van der Waals surface area contributed by atoms with Crippen molar-refractivity contribution in [1.29, 1.82) is 0 Å². The summed E-state index contributed by atoms with van der Waals surface area (Å²) in [5.41, 5.74) is 6.62. The minimum absolute atomic E-state index is 0.302. The lowest BCUT2D eigenvalue weighted by Gasteiger charge is -2.04. The molecule has 88 valence electrons. The molecule has 0 aliphatic carbocycles. The predicted molar refractivity (Wildman–Crippen MR) is 65.6 cm³/mol. The van der Waals surface area contributed by atoms with E-state index in [0.29, 0.717) is 24.4 Å². The number of pyridine rings is 1. The van der Waals surface area contributed by atoms with Gasteiger partial charge in [-0.1, -0.05) is 6.07 Å². The van der Waals surface area contributed by atoms with Gasteiger partial charge in [0.15, 0.2) is 0 Å². The lowest BCUT2D eigenvalue weighted by Crippen LogP contribution is -2.07. The predicted octanol–water partition coefficient (Wildman–Crippen LogP) is 1.96. The fourth-order valence-corrected chi connectivity index (χ4v) is 1.95. The van der Waals surface area contributed by atoms with E-state index >= 15 is 0 Å². The van der Waals surface area contributed by atoms with Crippen molar-refractivity contribution >= 4 is 17.3 Å². The first-order valence-corrected chi connectivity index (χ1v) is 6.02. The minimum atomic E-state index is -0.351. The number of thiophene rings is 1. The first-order valence-electron chi connectivity index (χ1n) is 5.14. The van der Waals surface area contributed by atoms with Gasteiger partial charge in [0.2, 0.25) is 0 Å². The Labute approximate surface area is 103 Å². The van der Waals surface area contributed by atoms with E-state index in [1.54, 1.807) is 29.7 Å². The van der Waals surface area contributed by atoms with Gasteiger partial charge in [0, 0.05) is 17.6 Å². The van der Waals surface area contributed by atoms with Crippen molar-refractivity contribution in [2.24, 2.45) is 5.73 Å². The molecular weight excluding hydrogens is 236 g/mol. The Balaban J connectivity index is 1.99. The molecule has 2 aromatic heterocycles. The first-order chi connectivity index (χ1) is 8.29. The van der Waals surface area contributed by atoms with Crippen LogP contribution in [0.4, 0.5) is 0 Å². The number of nitrogens with two attached hydrogens (primary N) is 1. The van der Waals surface area contributed by atoms with E-state index in [2.05, 4.69) is 4.98 Å². The Kier molecular flexibility index (Phi) is 3.85. The molecule has 0 saturated carbocycles. The van der Waals surface area contributed by atoms with Gasteiger partial charge < -0.3 is 10.5 Å². The van der Waals surface area contributed by atoms with Gasteiger partial charge in [0.1, 0.15) is 6.61 Å². The highest BCUT2D eigenvalue weighted by molar-refractivity contribution is 7.09. The fourth-order valence-electron chi connectivity index (χ4n) is 1.33. The van der Waals surface area contributed by atoms with E-state index < -0.39 is 0 Å². The molecule has 0 bridgehead atoms. The second kappa shape index (κ2) is 5.56. The second-order valence-electron chi connectivity index (χ2n) is 3.40. The van der Waals surface area contributed by atoms with Crippen molar-refractivity contribution in [1.82, 2.24) is 4.98 Å². The zero-order valence-corrected chi connectivity index (χ0v) is 9.94. The monoisotopic (exact) mass is 248 g/mol. The molecule has 0 fully saturated rings. The summed E-state index contributed by atoms with van der Waals surface area (Å²) in [5, 5.41) is 1.95. The number of aromatic nitrogens is 1. The average Bonchev–Trinajstić information content (AvgIpc) is 2.89. The van der Waals surface area contributed by atoms with E-state index in [9.17, 15) is 4.79 Å². The van der Waals surface area contributed by atoms with Gasteiger partial charge in [-0.15, -0.1) is 11.3 Å². The quantitative estimate of drug-likeness (QED) is 0.840. The smallest absolute Gasteiger partial charge is 0.338 e. The van der Waals surface area contributed by atoms with Crippen molar-refractivity contribution in [3.8, 4) is 0 Å². The largest absolute Gasteiger partial charge is 0.456 e. The number of carbonyl (C=O) groups excluding carboxylic acids is 1. The SMILES string of the molecule is NCc1cc(C(=O)OCc2cccs2)ccn1. The van der Waals surface area contributed by atoms with Gasteiger partial charge >= 0.3 is 5.97 Å². The summed E-state index contributed by atoms with van der Waals surface area (Å²) in [6.45, 7) is 0.614. The van der Waals surface area contributed by atoms with E-state index in [0.717, 1.165) is 4.88 Å². The molecule has 17 heavy (non-hydrogen) atoms. The summed E-state index contributed by atoms with van der Waals surface area (Å²) < 4.78 is 5.17. The van der Waals surface area contributed by atoms with Crippen LogP contribution in [0.3, 0.4) is 0 Å². The molecule has 5 heteroatoms. The third-order valence-electron chi connectivity index (χ3n) is 2.19. The molecule has 0 atom stereocenters. The van der Waals surface area contributed by atoms with E-state index in [1.807, 2.05) is 17.5 Å². The molecule has 0 radical (unpaired) electrons. The third kappa shape index (κ3) is 3.12. The molecule has 2 heterocycles. The van der Waals surface area contributed by atoms with Crippen LogP contribution in [-0.4, -0.2) is 11.0 Å². The molecule has 0 aliphatic rings. The Hall–Kier alpha value is -1.72. The molecule has 4 nitrogen and oxygen atoms in total. The molecule has 0 spiro atoms. The molecule has 2 N–H and O–H groups in total. The number of nitrogens with zero attached hydrogens (tertiary/aromatic N) is 1. The maximum atomic E-state index is 11.7. The summed E-state index contributed by atoms with van der Waals surface area (Å²) in [6, 6.07) is 7.12. The van der Waals surface area contributed by atoms with Crippen LogP contribution in [0, 0.1) is 0 Å². The van der Waals surface area contributed by atoms with Gasteiger partial charge in [0.25, 0.3) is 0 Å². The van der Waals surface area contributed by atoms with Gasteiger partial charge in [-0.05, 0) is 23.6 Å². The summed E-state index contributed by atoms with van der Waals surface area (Å²) in [7, 11) is 0. The fraction of sp³-hybridized carbons (Fsp3) is 0.167. The average molecular weight is 248 g/mol. The van der Waals surface area contributed by atoms with Crippen molar-refractivity contribution in [3.63, 3.8) is 0 Å². The molecular formula is C12H12N2O2S. The highest BCUT2D eigenvalue weighted by Gasteiger charge is 2.08.